The van der Waals surface area contributed by atoms with Crippen LogP contribution in [0.5, 0.6) is 0 Å². The Balaban J connectivity index is 2.05. The van der Waals surface area contributed by atoms with Crippen LogP contribution in [-0.4, -0.2) is 60.1 Å². The van der Waals surface area contributed by atoms with Crippen LogP contribution in [0.25, 0.3) is 0 Å². The van der Waals surface area contributed by atoms with E-state index in [4.69, 9.17) is 9.47 Å². The van der Waals surface area contributed by atoms with Gasteiger partial charge in [-0.2, -0.15) is 0 Å². The van der Waals surface area contributed by atoms with Crippen LogP contribution < -0.4 is 10.6 Å². The maximum absolute atomic E-state index is 14.5. The maximum atomic E-state index is 14.5. The van der Waals surface area contributed by atoms with E-state index in [0.717, 1.165) is 36.0 Å². The molecule has 9 nitrogen and oxygen atoms in total. The summed E-state index contributed by atoms with van der Waals surface area (Å²) in [5.74, 6) is -1.48. The lowest BCUT2D eigenvalue weighted by molar-refractivity contribution is -0.148. The van der Waals surface area contributed by atoms with Gasteiger partial charge in [0.15, 0.2) is 0 Å². The second kappa shape index (κ2) is 13.5. The van der Waals surface area contributed by atoms with Gasteiger partial charge in [-0.1, -0.05) is 54.1 Å². The summed E-state index contributed by atoms with van der Waals surface area (Å²) in [6, 6.07) is 12.9. The van der Waals surface area contributed by atoms with E-state index in [-0.39, 0.29) is 19.0 Å². The normalized spacial score (nSPS) is 14.8. The molecule has 1 aliphatic rings. The Kier molecular flexibility index (Phi) is 10.3. The Hall–Kier alpha value is -3.88. The number of hydrogen-bond donors (Lipinski definition) is 2. The molecule has 0 radical (unpaired) electrons. The van der Waals surface area contributed by atoms with Crippen molar-refractivity contribution in [3.63, 3.8) is 0 Å². The first-order valence-electron chi connectivity index (χ1n) is 13.7. The quantitative estimate of drug-likeness (QED) is 0.429. The number of carbonyl (C=O) groups excluding carboxylic acids is 4. The van der Waals surface area contributed by atoms with Gasteiger partial charge in [-0.3, -0.25) is 14.4 Å². The van der Waals surface area contributed by atoms with Crippen LogP contribution in [0, 0.1) is 13.8 Å². The summed E-state index contributed by atoms with van der Waals surface area (Å²) in [6.07, 6.45) is 1.87. The van der Waals surface area contributed by atoms with E-state index in [1.54, 1.807) is 25.7 Å². The number of amides is 3. The molecule has 0 aromatic heterocycles. The van der Waals surface area contributed by atoms with Crippen molar-refractivity contribution in [1.82, 2.24) is 15.5 Å². The van der Waals surface area contributed by atoms with Crippen LogP contribution in [0.1, 0.15) is 68.3 Å². The van der Waals surface area contributed by atoms with E-state index < -0.39 is 41.6 Å². The molecule has 1 fully saturated rings. The average Bonchev–Trinajstić information content (AvgIpc) is 2.85. The Labute approximate surface area is 236 Å². The third kappa shape index (κ3) is 8.31. The number of methoxy groups -OCH3 is 1. The van der Waals surface area contributed by atoms with Gasteiger partial charge >= 0.3 is 12.1 Å². The molecule has 3 amide bonds. The fourth-order valence-electron chi connectivity index (χ4n) is 4.74. The minimum Gasteiger partial charge on any atom is -0.468 e. The minimum absolute atomic E-state index is 0.208. The van der Waals surface area contributed by atoms with Crippen molar-refractivity contribution in [2.45, 2.75) is 84.0 Å². The molecule has 0 spiro atoms. The van der Waals surface area contributed by atoms with E-state index in [1.165, 1.54) is 7.11 Å². The predicted molar refractivity (Wildman–Crippen MR) is 151 cm³/mol. The number of aryl methyl sites for hydroxylation is 2. The van der Waals surface area contributed by atoms with Crippen LogP contribution in [0.2, 0.25) is 0 Å². The van der Waals surface area contributed by atoms with Gasteiger partial charge < -0.3 is 25.0 Å². The lowest BCUT2D eigenvalue weighted by Gasteiger charge is -2.44. The van der Waals surface area contributed by atoms with Crippen molar-refractivity contribution in [1.29, 1.82) is 0 Å². The summed E-state index contributed by atoms with van der Waals surface area (Å²) in [7, 11) is 1.25. The van der Waals surface area contributed by atoms with E-state index in [2.05, 4.69) is 10.6 Å². The molecular weight excluding hydrogens is 510 g/mol. The van der Waals surface area contributed by atoms with Gasteiger partial charge in [-0.25, -0.2) is 4.79 Å². The van der Waals surface area contributed by atoms with Gasteiger partial charge in [-0.05, 0) is 70.6 Å². The van der Waals surface area contributed by atoms with Crippen LogP contribution in [0.4, 0.5) is 4.79 Å². The summed E-state index contributed by atoms with van der Waals surface area (Å²) >= 11 is 0. The molecule has 40 heavy (non-hydrogen) atoms. The zero-order chi connectivity index (χ0) is 29.4. The van der Waals surface area contributed by atoms with Gasteiger partial charge in [-0.15, -0.1) is 0 Å². The van der Waals surface area contributed by atoms with Crippen molar-refractivity contribution in [2.24, 2.45) is 0 Å². The lowest BCUT2D eigenvalue weighted by Crippen LogP contribution is -2.58. The van der Waals surface area contributed by atoms with Crippen molar-refractivity contribution >= 4 is 23.9 Å². The molecule has 1 saturated carbocycles. The minimum atomic E-state index is -1.01. The number of nitrogens with one attached hydrogen (secondary N) is 2. The smallest absolute Gasteiger partial charge is 0.408 e. The van der Waals surface area contributed by atoms with Crippen LogP contribution in [-0.2, 0) is 30.3 Å². The van der Waals surface area contributed by atoms with Crippen LogP contribution in [0.15, 0.2) is 48.5 Å². The molecule has 216 valence electrons. The molecule has 0 heterocycles. The largest absolute Gasteiger partial charge is 0.468 e. The Morgan fingerprint density at radius 1 is 1.02 bits per heavy atom. The average molecular weight is 552 g/mol. The number of benzene rings is 2. The summed E-state index contributed by atoms with van der Waals surface area (Å²) in [5.41, 5.74) is 2.61. The highest BCUT2D eigenvalue weighted by Gasteiger charge is 2.42. The standard InChI is InChI=1S/C31H41N3O6/c1-20-15-16-24(21(2)17-20)27(28(36)32-19-26(35)39-6)34(23-13-10-14-23)29(37)25(18-22-11-8-7-9-12-22)33-30(38)40-31(3,4)5/h7-9,11-12,15-17,23,25,27H,10,13-14,18-19H2,1-6H3,(H,32,36)(H,33,38). The number of ether oxygens (including phenoxy) is 2. The zero-order valence-corrected chi connectivity index (χ0v) is 24.3. The second-order valence-corrected chi connectivity index (χ2v) is 11.3. The maximum Gasteiger partial charge on any atom is 0.408 e. The number of carbonyl (C=O) groups is 4. The van der Waals surface area contributed by atoms with Crippen molar-refractivity contribution < 1.29 is 28.7 Å². The van der Waals surface area contributed by atoms with Crippen LogP contribution >= 0.6 is 0 Å². The van der Waals surface area contributed by atoms with E-state index in [0.29, 0.717) is 5.56 Å². The molecule has 2 aromatic rings. The van der Waals surface area contributed by atoms with Crippen molar-refractivity contribution in [3.05, 3.63) is 70.8 Å². The van der Waals surface area contributed by atoms with E-state index >= 15 is 0 Å². The molecule has 1 aliphatic carbocycles. The lowest BCUT2D eigenvalue weighted by atomic mass is 9.86. The SMILES string of the molecule is COC(=O)CNC(=O)C(c1ccc(C)cc1C)N(C(=O)C(Cc1ccccc1)NC(=O)OC(C)(C)C)C1CCC1. The first kappa shape index (κ1) is 30.7. The van der Waals surface area contributed by atoms with Gasteiger partial charge in [0.05, 0.1) is 7.11 Å². The Bertz CT molecular complexity index is 1200. The monoisotopic (exact) mass is 551 g/mol. The highest BCUT2D eigenvalue weighted by Crippen LogP contribution is 2.35. The van der Waals surface area contributed by atoms with Gasteiger partial charge in [0, 0.05) is 12.5 Å². The number of rotatable bonds is 10. The van der Waals surface area contributed by atoms with Crippen molar-refractivity contribution in [3.8, 4) is 0 Å². The van der Waals surface area contributed by atoms with Crippen LogP contribution in [0.3, 0.4) is 0 Å². The first-order chi connectivity index (χ1) is 18.9. The molecule has 0 saturated heterocycles. The second-order valence-electron chi connectivity index (χ2n) is 11.3. The highest BCUT2D eigenvalue weighted by atomic mass is 16.6. The van der Waals surface area contributed by atoms with E-state index in [1.807, 2.05) is 62.4 Å². The Morgan fingerprint density at radius 2 is 1.70 bits per heavy atom. The number of esters is 1. The molecular formula is C31H41N3O6. The fourth-order valence-corrected chi connectivity index (χ4v) is 4.74. The third-order valence-electron chi connectivity index (χ3n) is 6.88. The molecule has 2 N–H and O–H groups in total. The molecule has 2 unspecified atom stereocenters. The van der Waals surface area contributed by atoms with E-state index in [9.17, 15) is 19.2 Å². The molecule has 3 rings (SSSR count). The summed E-state index contributed by atoms with van der Waals surface area (Å²) in [6.45, 7) is 8.79. The molecule has 2 atom stereocenters. The summed E-state index contributed by atoms with van der Waals surface area (Å²) in [5, 5.41) is 5.43. The van der Waals surface area contributed by atoms with Gasteiger partial charge in [0.1, 0.15) is 24.2 Å². The molecule has 9 heteroatoms. The number of hydrogen-bond acceptors (Lipinski definition) is 6. The molecule has 2 aromatic carbocycles. The third-order valence-corrected chi connectivity index (χ3v) is 6.88. The molecule has 0 bridgehead atoms. The fraction of sp³-hybridized carbons (Fsp3) is 0.484. The van der Waals surface area contributed by atoms with Gasteiger partial charge in [0.25, 0.3) is 0 Å². The highest BCUT2D eigenvalue weighted by molar-refractivity contribution is 5.93. The number of alkyl carbamates (subject to hydrolysis) is 1. The topological polar surface area (TPSA) is 114 Å². The zero-order valence-electron chi connectivity index (χ0n) is 24.3. The summed E-state index contributed by atoms with van der Waals surface area (Å²) < 4.78 is 10.2. The Morgan fingerprint density at radius 3 is 2.25 bits per heavy atom. The first-order valence-corrected chi connectivity index (χ1v) is 13.7. The van der Waals surface area contributed by atoms with Gasteiger partial charge in [0.2, 0.25) is 11.8 Å². The molecule has 0 aliphatic heterocycles. The summed E-state index contributed by atoms with van der Waals surface area (Å²) in [4.78, 5) is 54.6. The van der Waals surface area contributed by atoms with Crippen molar-refractivity contribution in [2.75, 3.05) is 13.7 Å². The number of nitrogens with zero attached hydrogens (tertiary/aromatic N) is 1. The predicted octanol–water partition coefficient (Wildman–Crippen LogP) is 4.15.